The maximum Gasteiger partial charge on any atom is 0.212 e. The Morgan fingerprint density at radius 2 is 2.18 bits per heavy atom. The number of hydrogen-bond acceptors (Lipinski definition) is 4. The van der Waals surface area contributed by atoms with Crippen molar-refractivity contribution in [1.82, 2.24) is 9.71 Å². The maximum atomic E-state index is 11.8. The first-order chi connectivity index (χ1) is 7.87. The van der Waals surface area contributed by atoms with Crippen LogP contribution in [0.4, 0.5) is 0 Å². The number of rotatable bonds is 7. The summed E-state index contributed by atoms with van der Waals surface area (Å²) in [7, 11) is -3.28. The van der Waals surface area contributed by atoms with E-state index < -0.39 is 15.6 Å². The number of sulfonamides is 1. The Balaban J connectivity index is 2.63. The monoisotopic (exact) mass is 296 g/mol. The first-order valence-corrected chi connectivity index (χ1v) is 8.41. The van der Waals surface area contributed by atoms with Gasteiger partial charge in [0.15, 0.2) is 0 Å². The van der Waals surface area contributed by atoms with Crippen LogP contribution in [0.1, 0.15) is 31.7 Å². The topological polar surface area (TPSA) is 59.1 Å². The number of alkyl halides is 1. The average Bonchev–Trinajstić information content (AvgIpc) is 2.69. The molecule has 17 heavy (non-hydrogen) atoms. The quantitative estimate of drug-likeness (QED) is 0.620. The Morgan fingerprint density at radius 1 is 1.47 bits per heavy atom. The highest BCUT2D eigenvalue weighted by Crippen LogP contribution is 2.23. The molecule has 4 nitrogen and oxygen atoms in total. The molecule has 1 rings (SSSR count). The highest BCUT2D eigenvalue weighted by Gasteiger charge is 2.28. The van der Waals surface area contributed by atoms with Crippen LogP contribution >= 0.6 is 22.9 Å². The van der Waals surface area contributed by atoms with Crippen LogP contribution in [0.3, 0.4) is 0 Å². The first kappa shape index (κ1) is 14.9. The Labute approximate surface area is 111 Å². The van der Waals surface area contributed by atoms with Gasteiger partial charge in [0.05, 0.1) is 11.3 Å². The second-order valence-corrected chi connectivity index (χ2v) is 7.39. The van der Waals surface area contributed by atoms with E-state index in [4.69, 9.17) is 11.6 Å². The Morgan fingerprint density at radius 3 is 2.71 bits per heavy atom. The number of nitrogens with zero attached hydrogens (tertiary/aromatic N) is 1. The summed E-state index contributed by atoms with van der Waals surface area (Å²) in [6.45, 7) is 3.62. The number of nitrogens with one attached hydrogen (secondary N) is 1. The third kappa shape index (κ3) is 4.91. The van der Waals surface area contributed by atoms with Crippen LogP contribution in [0.25, 0.3) is 0 Å². The number of hydrogen-bond donors (Lipinski definition) is 1. The molecule has 1 aromatic heterocycles. The number of thiazole rings is 1. The van der Waals surface area contributed by atoms with Gasteiger partial charge in [-0.15, -0.1) is 22.9 Å². The molecule has 0 radical (unpaired) electrons. The molecule has 0 bridgehead atoms. The minimum atomic E-state index is -3.28. The summed E-state index contributed by atoms with van der Waals surface area (Å²) >= 11 is 6.96. The molecule has 0 spiro atoms. The van der Waals surface area contributed by atoms with Gasteiger partial charge in [0.25, 0.3) is 0 Å². The van der Waals surface area contributed by atoms with Crippen molar-refractivity contribution in [3.05, 3.63) is 16.6 Å². The maximum absolute atomic E-state index is 11.8. The largest absolute Gasteiger partial charge is 0.248 e. The lowest BCUT2D eigenvalue weighted by atomic mass is 10.1. The fourth-order valence-corrected chi connectivity index (χ4v) is 3.93. The molecule has 0 saturated heterocycles. The van der Waals surface area contributed by atoms with E-state index in [1.807, 2.05) is 19.2 Å². The molecule has 98 valence electrons. The van der Waals surface area contributed by atoms with Gasteiger partial charge in [-0.2, -0.15) is 0 Å². The minimum Gasteiger partial charge on any atom is -0.248 e. The van der Waals surface area contributed by atoms with Gasteiger partial charge in [-0.3, -0.25) is 0 Å². The molecule has 0 aliphatic rings. The van der Waals surface area contributed by atoms with Gasteiger partial charge >= 0.3 is 0 Å². The average molecular weight is 297 g/mol. The summed E-state index contributed by atoms with van der Waals surface area (Å²) in [6.07, 6.45) is 2.95. The number of unbranched alkanes of at least 4 members (excludes halogenated alkanes) is 1. The van der Waals surface area contributed by atoms with Crippen molar-refractivity contribution in [3.63, 3.8) is 0 Å². The van der Waals surface area contributed by atoms with E-state index in [1.165, 1.54) is 11.3 Å². The standard InChI is InChI=1S/C10H17ClN2O2S2/c1-10(2,9-12-6-7-16-9)13-17(14,15)8-4-3-5-11/h6-7,13H,3-5,8H2,1-2H3. The van der Waals surface area contributed by atoms with Crippen LogP contribution in [0.2, 0.25) is 0 Å². The molecule has 1 heterocycles. The molecule has 0 amide bonds. The van der Waals surface area contributed by atoms with Crippen molar-refractivity contribution in [2.45, 2.75) is 32.2 Å². The SMILES string of the molecule is CC(C)(NS(=O)(=O)CCCCCl)c1nccs1. The molecule has 0 aliphatic heterocycles. The first-order valence-electron chi connectivity index (χ1n) is 5.35. The molecule has 0 unspecified atom stereocenters. The Hall–Kier alpha value is -0.170. The lowest BCUT2D eigenvalue weighted by Crippen LogP contribution is -2.42. The molecule has 0 aromatic carbocycles. The van der Waals surface area contributed by atoms with Gasteiger partial charge in [0.2, 0.25) is 10.0 Å². The molecule has 0 aliphatic carbocycles. The van der Waals surface area contributed by atoms with E-state index in [0.717, 1.165) is 5.01 Å². The summed E-state index contributed by atoms with van der Waals surface area (Å²) in [5.74, 6) is 0.597. The Kier molecular flexibility index (Phi) is 5.37. The van der Waals surface area contributed by atoms with E-state index >= 15 is 0 Å². The van der Waals surface area contributed by atoms with Crippen LogP contribution in [0.5, 0.6) is 0 Å². The van der Waals surface area contributed by atoms with Crippen LogP contribution in [0, 0.1) is 0 Å². The predicted octanol–water partition coefficient (Wildman–Crippen LogP) is 2.32. The molecule has 1 aromatic rings. The number of halogens is 1. The highest BCUT2D eigenvalue weighted by molar-refractivity contribution is 7.89. The van der Waals surface area contributed by atoms with Crippen LogP contribution in [-0.2, 0) is 15.6 Å². The van der Waals surface area contributed by atoms with E-state index in [1.54, 1.807) is 6.20 Å². The zero-order valence-electron chi connectivity index (χ0n) is 9.94. The normalized spacial score (nSPS) is 12.9. The molecule has 0 fully saturated rings. The van der Waals surface area contributed by atoms with Gasteiger partial charge in [-0.1, -0.05) is 0 Å². The van der Waals surface area contributed by atoms with Crippen molar-refractivity contribution in [1.29, 1.82) is 0 Å². The summed E-state index contributed by atoms with van der Waals surface area (Å²) in [5, 5.41) is 2.59. The molecule has 7 heteroatoms. The van der Waals surface area contributed by atoms with Gasteiger partial charge < -0.3 is 0 Å². The molecular formula is C10H17ClN2O2S2. The molecule has 1 N–H and O–H groups in total. The molecule has 0 saturated carbocycles. The van der Waals surface area contributed by atoms with E-state index in [9.17, 15) is 8.42 Å². The lowest BCUT2D eigenvalue weighted by Gasteiger charge is -2.23. The van der Waals surface area contributed by atoms with Gasteiger partial charge in [-0.05, 0) is 26.7 Å². The fraction of sp³-hybridized carbons (Fsp3) is 0.700. The van der Waals surface area contributed by atoms with Gasteiger partial charge in [-0.25, -0.2) is 18.1 Å². The van der Waals surface area contributed by atoms with Crippen LogP contribution in [-0.4, -0.2) is 25.0 Å². The highest BCUT2D eigenvalue weighted by atomic mass is 35.5. The third-order valence-electron chi connectivity index (χ3n) is 2.17. The van der Waals surface area contributed by atoms with Crippen molar-refractivity contribution < 1.29 is 8.42 Å². The van der Waals surface area contributed by atoms with Crippen LogP contribution in [0.15, 0.2) is 11.6 Å². The predicted molar refractivity (Wildman–Crippen MR) is 72.0 cm³/mol. The number of aromatic nitrogens is 1. The second-order valence-electron chi connectivity index (χ2n) is 4.28. The van der Waals surface area contributed by atoms with Crippen molar-refractivity contribution in [3.8, 4) is 0 Å². The lowest BCUT2D eigenvalue weighted by molar-refractivity contribution is 0.469. The summed E-state index contributed by atoms with van der Waals surface area (Å²) in [4.78, 5) is 4.14. The Bertz CT molecular complexity index is 429. The van der Waals surface area contributed by atoms with Crippen molar-refractivity contribution >= 4 is 33.0 Å². The minimum absolute atomic E-state index is 0.106. The third-order valence-corrected chi connectivity index (χ3v) is 5.19. The summed E-state index contributed by atoms with van der Waals surface area (Å²) < 4.78 is 26.3. The van der Waals surface area contributed by atoms with E-state index in [2.05, 4.69) is 9.71 Å². The second kappa shape index (κ2) is 6.13. The zero-order valence-corrected chi connectivity index (χ0v) is 12.3. The van der Waals surface area contributed by atoms with E-state index in [0.29, 0.717) is 18.7 Å². The summed E-state index contributed by atoms with van der Waals surface area (Å²) in [6, 6.07) is 0. The zero-order chi connectivity index (χ0) is 12.9. The van der Waals surface area contributed by atoms with E-state index in [-0.39, 0.29) is 5.75 Å². The van der Waals surface area contributed by atoms with Crippen molar-refractivity contribution in [2.75, 3.05) is 11.6 Å². The fourth-order valence-electron chi connectivity index (χ4n) is 1.40. The van der Waals surface area contributed by atoms with Crippen LogP contribution < -0.4 is 4.72 Å². The molecular weight excluding hydrogens is 280 g/mol. The summed E-state index contributed by atoms with van der Waals surface area (Å²) in [5.41, 5.74) is -0.659. The van der Waals surface area contributed by atoms with Gasteiger partial charge in [0.1, 0.15) is 5.01 Å². The molecule has 0 atom stereocenters. The van der Waals surface area contributed by atoms with Crippen molar-refractivity contribution in [2.24, 2.45) is 0 Å². The smallest absolute Gasteiger partial charge is 0.212 e. The van der Waals surface area contributed by atoms with Gasteiger partial charge in [0, 0.05) is 17.5 Å².